The Bertz CT molecular complexity index is 1390. The number of para-hydroxylation sites is 1. The molecule has 0 heterocycles. The number of anilines is 1. The molecular formula is C28H23NO4S. The molecule has 170 valence electrons. The summed E-state index contributed by atoms with van der Waals surface area (Å²) in [7, 11) is -3.69. The minimum Gasteiger partial charge on any atom is -0.457 e. The van der Waals surface area contributed by atoms with Crippen LogP contribution in [0.25, 0.3) is 6.08 Å². The van der Waals surface area contributed by atoms with Crippen LogP contribution in [0.3, 0.4) is 0 Å². The summed E-state index contributed by atoms with van der Waals surface area (Å²) in [4.78, 5) is 12.7. The normalized spacial score (nSPS) is 11.3. The number of aryl methyl sites for hydroxylation is 1. The molecule has 0 amide bonds. The Labute approximate surface area is 199 Å². The molecule has 0 aliphatic heterocycles. The first kappa shape index (κ1) is 23.0. The van der Waals surface area contributed by atoms with Crippen molar-refractivity contribution in [3.05, 3.63) is 126 Å². The average Bonchev–Trinajstić information content (AvgIpc) is 2.84. The number of carbonyl (C=O) groups is 1. The minimum absolute atomic E-state index is 0.182. The zero-order chi connectivity index (χ0) is 24.0. The molecule has 4 aromatic carbocycles. The number of hydrogen-bond acceptors (Lipinski definition) is 4. The van der Waals surface area contributed by atoms with E-state index < -0.39 is 10.0 Å². The minimum atomic E-state index is -3.69. The van der Waals surface area contributed by atoms with Crippen LogP contribution < -0.4 is 9.46 Å². The van der Waals surface area contributed by atoms with Crippen molar-refractivity contribution in [2.75, 3.05) is 4.72 Å². The van der Waals surface area contributed by atoms with Gasteiger partial charge in [-0.15, -0.1) is 0 Å². The molecule has 5 nitrogen and oxygen atoms in total. The number of allylic oxidation sites excluding steroid dienone is 1. The van der Waals surface area contributed by atoms with Gasteiger partial charge in [-0.25, -0.2) is 8.42 Å². The summed E-state index contributed by atoms with van der Waals surface area (Å²) in [5.41, 5.74) is 2.68. The summed E-state index contributed by atoms with van der Waals surface area (Å²) in [6.07, 6.45) is 3.21. The second kappa shape index (κ2) is 10.2. The van der Waals surface area contributed by atoms with Crippen LogP contribution in [-0.4, -0.2) is 14.2 Å². The third-order valence-corrected chi connectivity index (χ3v) is 6.44. The van der Waals surface area contributed by atoms with Crippen LogP contribution in [0, 0.1) is 6.92 Å². The van der Waals surface area contributed by atoms with Gasteiger partial charge in [0, 0.05) is 11.3 Å². The van der Waals surface area contributed by atoms with Crippen molar-refractivity contribution in [1.29, 1.82) is 0 Å². The molecule has 0 radical (unpaired) electrons. The van der Waals surface area contributed by atoms with E-state index in [1.54, 1.807) is 54.6 Å². The number of carbonyl (C=O) groups excluding carboxylic acids is 1. The molecule has 0 atom stereocenters. The van der Waals surface area contributed by atoms with Gasteiger partial charge in [-0.1, -0.05) is 54.1 Å². The molecule has 1 N–H and O–H groups in total. The van der Waals surface area contributed by atoms with Gasteiger partial charge in [-0.2, -0.15) is 0 Å². The van der Waals surface area contributed by atoms with E-state index in [9.17, 15) is 13.2 Å². The maximum atomic E-state index is 12.5. The van der Waals surface area contributed by atoms with Crippen molar-refractivity contribution in [1.82, 2.24) is 0 Å². The number of ketones is 1. The van der Waals surface area contributed by atoms with Gasteiger partial charge < -0.3 is 4.74 Å². The Kier molecular flexibility index (Phi) is 6.90. The number of ether oxygens (including phenoxy) is 1. The zero-order valence-electron chi connectivity index (χ0n) is 18.5. The quantitative estimate of drug-likeness (QED) is 0.237. The molecule has 0 spiro atoms. The molecule has 34 heavy (non-hydrogen) atoms. The third-order valence-electron chi connectivity index (χ3n) is 5.04. The van der Waals surface area contributed by atoms with Crippen molar-refractivity contribution in [3.63, 3.8) is 0 Å². The highest BCUT2D eigenvalue weighted by Crippen LogP contribution is 2.22. The lowest BCUT2D eigenvalue weighted by molar-refractivity contribution is 0.104. The number of benzene rings is 4. The molecule has 0 aromatic heterocycles. The van der Waals surface area contributed by atoms with Crippen LogP contribution in [-0.2, 0) is 10.0 Å². The van der Waals surface area contributed by atoms with Crippen LogP contribution in [0.4, 0.5) is 5.69 Å². The van der Waals surface area contributed by atoms with Gasteiger partial charge in [0.05, 0.1) is 4.90 Å². The Morgan fingerprint density at radius 1 is 0.765 bits per heavy atom. The Balaban J connectivity index is 1.37. The molecule has 0 bridgehead atoms. The summed E-state index contributed by atoms with van der Waals surface area (Å²) < 4.78 is 33.3. The molecular weight excluding hydrogens is 446 g/mol. The molecule has 6 heteroatoms. The van der Waals surface area contributed by atoms with E-state index in [-0.39, 0.29) is 10.7 Å². The highest BCUT2D eigenvalue weighted by atomic mass is 32.2. The topological polar surface area (TPSA) is 72.5 Å². The third kappa shape index (κ3) is 5.99. The van der Waals surface area contributed by atoms with Gasteiger partial charge in [-0.05, 0) is 79.2 Å². The maximum Gasteiger partial charge on any atom is 0.261 e. The van der Waals surface area contributed by atoms with E-state index in [0.29, 0.717) is 17.0 Å². The smallest absolute Gasteiger partial charge is 0.261 e. The van der Waals surface area contributed by atoms with E-state index in [2.05, 4.69) is 4.72 Å². The van der Waals surface area contributed by atoms with Gasteiger partial charge >= 0.3 is 0 Å². The van der Waals surface area contributed by atoms with Crippen LogP contribution in [0.15, 0.2) is 114 Å². The summed E-state index contributed by atoms with van der Waals surface area (Å²) in [6, 6.07) is 29.8. The van der Waals surface area contributed by atoms with E-state index in [1.807, 2.05) is 61.5 Å². The standard InChI is InChI=1S/C28H23NO4S/c1-21-7-18-27(19-8-21)34(31,32)29-24-14-12-23(13-15-24)28(30)20-11-22-9-16-26(17-10-22)33-25-5-3-2-4-6-25/h2-20,29H,1H3/b20-11+. The number of rotatable bonds is 8. The lowest BCUT2D eigenvalue weighted by Crippen LogP contribution is -2.13. The lowest BCUT2D eigenvalue weighted by Gasteiger charge is -2.08. The molecule has 0 aliphatic carbocycles. The molecule has 4 aromatic rings. The predicted molar refractivity (Wildman–Crippen MR) is 135 cm³/mol. The first-order chi connectivity index (χ1) is 16.4. The van der Waals surface area contributed by atoms with Crippen molar-refractivity contribution < 1.29 is 17.9 Å². The Hall–Kier alpha value is -4.16. The second-order valence-electron chi connectivity index (χ2n) is 7.68. The molecule has 0 fully saturated rings. The highest BCUT2D eigenvalue weighted by Gasteiger charge is 2.14. The average molecular weight is 470 g/mol. The Morgan fingerprint density at radius 3 is 2.03 bits per heavy atom. The fraction of sp³-hybridized carbons (Fsp3) is 0.0357. The Morgan fingerprint density at radius 2 is 1.38 bits per heavy atom. The number of nitrogens with one attached hydrogen (secondary N) is 1. The number of sulfonamides is 1. The maximum absolute atomic E-state index is 12.5. The van der Waals surface area contributed by atoms with E-state index >= 15 is 0 Å². The first-order valence-electron chi connectivity index (χ1n) is 10.6. The monoisotopic (exact) mass is 469 g/mol. The van der Waals surface area contributed by atoms with E-state index in [1.165, 1.54) is 6.08 Å². The molecule has 4 rings (SSSR count). The largest absolute Gasteiger partial charge is 0.457 e. The van der Waals surface area contributed by atoms with Gasteiger partial charge in [0.2, 0.25) is 0 Å². The van der Waals surface area contributed by atoms with Crippen molar-refractivity contribution >= 4 is 27.6 Å². The van der Waals surface area contributed by atoms with Crippen LogP contribution >= 0.6 is 0 Å². The molecule has 0 saturated carbocycles. The molecule has 0 aliphatic rings. The van der Waals surface area contributed by atoms with Crippen molar-refractivity contribution in [3.8, 4) is 11.5 Å². The summed E-state index contributed by atoms with van der Waals surface area (Å²) >= 11 is 0. The summed E-state index contributed by atoms with van der Waals surface area (Å²) in [6.45, 7) is 1.89. The second-order valence-corrected chi connectivity index (χ2v) is 9.36. The zero-order valence-corrected chi connectivity index (χ0v) is 19.3. The first-order valence-corrected chi connectivity index (χ1v) is 12.1. The molecule has 0 unspecified atom stereocenters. The van der Waals surface area contributed by atoms with Gasteiger partial charge in [-0.3, -0.25) is 9.52 Å². The summed E-state index contributed by atoms with van der Waals surface area (Å²) in [5, 5.41) is 0. The van der Waals surface area contributed by atoms with Crippen molar-refractivity contribution in [2.24, 2.45) is 0 Å². The van der Waals surface area contributed by atoms with Gasteiger partial charge in [0.15, 0.2) is 5.78 Å². The van der Waals surface area contributed by atoms with E-state index in [0.717, 1.165) is 16.9 Å². The van der Waals surface area contributed by atoms with Gasteiger partial charge in [0.1, 0.15) is 11.5 Å². The van der Waals surface area contributed by atoms with Crippen LogP contribution in [0.2, 0.25) is 0 Å². The summed E-state index contributed by atoms with van der Waals surface area (Å²) in [5.74, 6) is 1.28. The highest BCUT2D eigenvalue weighted by molar-refractivity contribution is 7.92. The SMILES string of the molecule is Cc1ccc(S(=O)(=O)Nc2ccc(C(=O)/C=C/c3ccc(Oc4ccccc4)cc3)cc2)cc1. The lowest BCUT2D eigenvalue weighted by atomic mass is 10.1. The fourth-order valence-electron chi connectivity index (χ4n) is 3.17. The van der Waals surface area contributed by atoms with Crippen LogP contribution in [0.5, 0.6) is 11.5 Å². The van der Waals surface area contributed by atoms with Crippen LogP contribution in [0.1, 0.15) is 21.5 Å². The predicted octanol–water partition coefficient (Wildman–Crippen LogP) is 6.48. The number of hydrogen-bond donors (Lipinski definition) is 1. The fourth-order valence-corrected chi connectivity index (χ4v) is 4.23. The van der Waals surface area contributed by atoms with Crippen molar-refractivity contribution in [2.45, 2.75) is 11.8 Å². The van der Waals surface area contributed by atoms with Gasteiger partial charge in [0.25, 0.3) is 10.0 Å². The molecule has 0 saturated heterocycles. The van der Waals surface area contributed by atoms with E-state index in [4.69, 9.17) is 4.74 Å².